The van der Waals surface area contributed by atoms with Crippen LogP contribution in [0.5, 0.6) is 0 Å². The van der Waals surface area contributed by atoms with Crippen molar-refractivity contribution in [1.82, 2.24) is 5.32 Å². The smallest absolute Gasteiger partial charge is 0.220 e. The fourth-order valence-electron chi connectivity index (χ4n) is 8.61. The van der Waals surface area contributed by atoms with E-state index in [2.05, 4.69) is 60.7 Å². The van der Waals surface area contributed by atoms with Crippen molar-refractivity contribution in [3.63, 3.8) is 0 Å². The van der Waals surface area contributed by atoms with Crippen LogP contribution < -0.4 is 22.5 Å². The van der Waals surface area contributed by atoms with Gasteiger partial charge in [0.25, 0.3) is 0 Å². The third-order valence-corrected chi connectivity index (χ3v) is 13.1. The zero-order valence-corrected chi connectivity index (χ0v) is 35.8. The molecule has 1 aliphatic rings. The standard InChI is InChI=1S/C44H90N4O4/c1-9-10-11-12-13-14-30-48-42(49)24-21-35(2)40-23-22-36(3)44(40,8)41(52-33-18-29-47)34-37(4)43(6,7)26-25-39(51-32-17-28-46)20-15-19-38(5)50-31-16-27-45/h35-41H,9-34,45-47H2,1-8H3,(H,48,49)/t35-,36-,37-,38+,39+,40-,41+,44+/m1/s1. The van der Waals surface area contributed by atoms with Crippen LogP contribution in [0.2, 0.25) is 0 Å². The van der Waals surface area contributed by atoms with Crippen LogP contribution >= 0.6 is 0 Å². The van der Waals surface area contributed by atoms with Gasteiger partial charge in [0, 0.05) is 32.8 Å². The molecule has 1 aliphatic carbocycles. The summed E-state index contributed by atoms with van der Waals surface area (Å²) in [4.78, 5) is 12.8. The van der Waals surface area contributed by atoms with Crippen molar-refractivity contribution in [2.24, 2.45) is 51.7 Å². The fraction of sp³-hybridized carbons (Fsp3) is 0.977. The third kappa shape index (κ3) is 19.2. The normalized spacial score (nSPS) is 22.3. The number of rotatable bonds is 34. The Balaban J connectivity index is 2.89. The molecule has 1 rings (SSSR count). The zero-order valence-electron chi connectivity index (χ0n) is 35.8. The summed E-state index contributed by atoms with van der Waals surface area (Å²) in [5, 5.41) is 3.21. The maximum Gasteiger partial charge on any atom is 0.220 e. The molecule has 0 saturated heterocycles. The molecule has 0 spiro atoms. The summed E-state index contributed by atoms with van der Waals surface area (Å²) in [6.45, 7) is 24.1. The van der Waals surface area contributed by atoms with Crippen molar-refractivity contribution in [3.05, 3.63) is 0 Å². The number of nitrogens with two attached hydrogens (primary N) is 3. The van der Waals surface area contributed by atoms with E-state index >= 15 is 0 Å². The highest BCUT2D eigenvalue weighted by Gasteiger charge is 2.52. The molecule has 0 aromatic heterocycles. The Bertz CT molecular complexity index is 875. The van der Waals surface area contributed by atoms with E-state index in [0.717, 1.165) is 90.4 Å². The molecule has 52 heavy (non-hydrogen) atoms. The minimum absolute atomic E-state index is 0.0596. The molecule has 310 valence electrons. The quantitative estimate of drug-likeness (QED) is 0.0484. The lowest BCUT2D eigenvalue weighted by Gasteiger charge is -2.47. The van der Waals surface area contributed by atoms with Crippen LogP contribution in [0.3, 0.4) is 0 Å². The number of nitrogens with one attached hydrogen (secondary N) is 1. The average Bonchev–Trinajstić information content (AvgIpc) is 3.42. The highest BCUT2D eigenvalue weighted by atomic mass is 16.5. The molecule has 8 atom stereocenters. The highest BCUT2D eigenvalue weighted by Crippen LogP contribution is 2.56. The van der Waals surface area contributed by atoms with Gasteiger partial charge >= 0.3 is 0 Å². The second-order valence-electron chi connectivity index (χ2n) is 17.6. The van der Waals surface area contributed by atoms with E-state index in [1.165, 1.54) is 44.9 Å². The maximum atomic E-state index is 12.8. The van der Waals surface area contributed by atoms with E-state index < -0.39 is 0 Å². The number of carbonyl (C=O) groups excluding carboxylic acids is 1. The molecule has 0 unspecified atom stereocenters. The second-order valence-corrected chi connectivity index (χ2v) is 17.6. The van der Waals surface area contributed by atoms with Crippen LogP contribution in [0.4, 0.5) is 0 Å². The first-order valence-electron chi connectivity index (χ1n) is 22.1. The Morgan fingerprint density at radius 2 is 1.40 bits per heavy atom. The Morgan fingerprint density at radius 1 is 0.788 bits per heavy atom. The van der Waals surface area contributed by atoms with Gasteiger partial charge in [-0.3, -0.25) is 4.79 Å². The van der Waals surface area contributed by atoms with Gasteiger partial charge in [-0.15, -0.1) is 0 Å². The predicted molar refractivity (Wildman–Crippen MR) is 221 cm³/mol. The molecule has 1 amide bonds. The minimum Gasteiger partial charge on any atom is -0.378 e. The first-order chi connectivity index (χ1) is 24.9. The van der Waals surface area contributed by atoms with E-state index in [1.54, 1.807) is 0 Å². The summed E-state index contributed by atoms with van der Waals surface area (Å²) in [7, 11) is 0. The Hall–Kier alpha value is -0.770. The van der Waals surface area contributed by atoms with Crippen molar-refractivity contribution in [3.8, 4) is 0 Å². The van der Waals surface area contributed by atoms with Crippen molar-refractivity contribution in [2.45, 2.75) is 196 Å². The average molecular weight is 739 g/mol. The fourth-order valence-corrected chi connectivity index (χ4v) is 8.61. The number of carbonyl (C=O) groups is 1. The van der Waals surface area contributed by atoms with Gasteiger partial charge in [0.1, 0.15) is 0 Å². The Morgan fingerprint density at radius 3 is 2.06 bits per heavy atom. The van der Waals surface area contributed by atoms with E-state index in [-0.39, 0.29) is 35.0 Å². The molecule has 0 bridgehead atoms. The number of amides is 1. The van der Waals surface area contributed by atoms with Crippen LogP contribution in [0, 0.1) is 34.5 Å². The van der Waals surface area contributed by atoms with E-state index in [9.17, 15) is 4.79 Å². The van der Waals surface area contributed by atoms with Crippen LogP contribution in [0.25, 0.3) is 0 Å². The van der Waals surface area contributed by atoms with Crippen LogP contribution in [-0.4, -0.2) is 70.2 Å². The molecule has 0 radical (unpaired) electrons. The van der Waals surface area contributed by atoms with Gasteiger partial charge in [-0.05, 0) is 145 Å². The SMILES string of the molecule is CCCCCCCCNC(=O)CC[C@@H](C)[C@H]1CC[C@@H](C)[C@]1(C)[C@H](C[C@@H](C)C(C)(C)CC[C@H](CCC[C@H](C)OCCCN)OCCCN)OCCCN. The van der Waals surface area contributed by atoms with E-state index in [0.29, 0.717) is 56.3 Å². The van der Waals surface area contributed by atoms with Crippen molar-refractivity contribution in [1.29, 1.82) is 0 Å². The molecule has 0 aromatic rings. The van der Waals surface area contributed by atoms with Gasteiger partial charge in [0.05, 0.1) is 18.3 Å². The molecule has 7 N–H and O–H groups in total. The number of unbranched alkanes of at least 4 members (excludes halogenated alkanes) is 5. The molecular formula is C44H90N4O4. The second kappa shape index (κ2) is 28.6. The number of hydrogen-bond donors (Lipinski definition) is 4. The summed E-state index contributed by atoms with van der Waals surface area (Å²) in [6, 6.07) is 0. The van der Waals surface area contributed by atoms with Gasteiger partial charge in [0.15, 0.2) is 0 Å². The molecular weight excluding hydrogens is 649 g/mol. The van der Waals surface area contributed by atoms with E-state index in [1.807, 2.05) is 0 Å². The molecule has 8 heteroatoms. The van der Waals surface area contributed by atoms with Crippen LogP contribution in [0.1, 0.15) is 177 Å². The Labute approximate surface area is 322 Å². The molecule has 8 nitrogen and oxygen atoms in total. The summed E-state index contributed by atoms with van der Waals surface area (Å²) in [5.74, 6) is 2.27. The van der Waals surface area contributed by atoms with Crippen molar-refractivity contribution < 1.29 is 19.0 Å². The van der Waals surface area contributed by atoms with Crippen molar-refractivity contribution >= 4 is 5.91 Å². The van der Waals surface area contributed by atoms with Crippen LogP contribution in [0.15, 0.2) is 0 Å². The largest absolute Gasteiger partial charge is 0.378 e. The summed E-state index contributed by atoms with van der Waals surface area (Å²) < 4.78 is 19.3. The minimum atomic E-state index is 0.0596. The van der Waals surface area contributed by atoms with Gasteiger partial charge in [-0.25, -0.2) is 0 Å². The topological polar surface area (TPSA) is 135 Å². The Kier molecular flexibility index (Phi) is 27.1. The third-order valence-electron chi connectivity index (χ3n) is 13.1. The molecule has 1 saturated carbocycles. The van der Waals surface area contributed by atoms with Crippen molar-refractivity contribution in [2.75, 3.05) is 46.0 Å². The van der Waals surface area contributed by atoms with Gasteiger partial charge in [-0.1, -0.05) is 80.6 Å². The highest BCUT2D eigenvalue weighted by molar-refractivity contribution is 5.75. The first-order valence-corrected chi connectivity index (χ1v) is 22.1. The lowest BCUT2D eigenvalue weighted by atomic mass is 9.62. The summed E-state index contributed by atoms with van der Waals surface area (Å²) >= 11 is 0. The number of hydrogen-bond acceptors (Lipinski definition) is 7. The van der Waals surface area contributed by atoms with Gasteiger partial charge in [-0.2, -0.15) is 0 Å². The summed E-state index contributed by atoms with van der Waals surface area (Å²) in [6.07, 6.45) is 21.2. The maximum absolute atomic E-state index is 12.8. The molecule has 1 fully saturated rings. The molecule has 0 aromatic carbocycles. The van der Waals surface area contributed by atoms with Gasteiger partial charge < -0.3 is 36.7 Å². The molecule has 0 heterocycles. The lowest BCUT2D eigenvalue weighted by Crippen LogP contribution is -2.46. The predicted octanol–water partition coefficient (Wildman–Crippen LogP) is 9.16. The monoisotopic (exact) mass is 739 g/mol. The number of ether oxygens (including phenoxy) is 3. The first kappa shape index (κ1) is 49.2. The van der Waals surface area contributed by atoms with Crippen LogP contribution in [-0.2, 0) is 19.0 Å². The zero-order chi connectivity index (χ0) is 38.8. The van der Waals surface area contributed by atoms with Gasteiger partial charge in [0.2, 0.25) is 5.91 Å². The van der Waals surface area contributed by atoms with E-state index in [4.69, 9.17) is 31.4 Å². The lowest BCUT2D eigenvalue weighted by molar-refractivity contribution is -0.122. The molecule has 0 aliphatic heterocycles. The summed E-state index contributed by atoms with van der Waals surface area (Å²) in [5.41, 5.74) is 17.6.